The first-order chi connectivity index (χ1) is 8.08. The first-order valence-electron chi connectivity index (χ1n) is 6.61. The van der Waals surface area contributed by atoms with E-state index in [1.54, 1.807) is 0 Å². The van der Waals surface area contributed by atoms with Gasteiger partial charge in [-0.2, -0.15) is 0 Å². The van der Waals surface area contributed by atoms with Gasteiger partial charge in [0.15, 0.2) is 0 Å². The van der Waals surface area contributed by atoms with Gasteiger partial charge in [0.1, 0.15) is 0 Å². The van der Waals surface area contributed by atoms with Gasteiger partial charge in [-0.05, 0) is 50.8 Å². The van der Waals surface area contributed by atoms with Gasteiger partial charge in [0.05, 0.1) is 0 Å². The van der Waals surface area contributed by atoms with Gasteiger partial charge in [0.2, 0.25) is 0 Å². The van der Waals surface area contributed by atoms with Crippen LogP contribution in [0.2, 0.25) is 0 Å². The Hall–Kier alpha value is -0.860. The first-order valence-corrected chi connectivity index (χ1v) is 6.61. The number of nitrogens with one attached hydrogen (secondary N) is 2. The number of piperazine rings is 1. The number of rotatable bonds is 2. The van der Waals surface area contributed by atoms with Crippen molar-refractivity contribution >= 4 is 0 Å². The fourth-order valence-corrected chi connectivity index (χ4v) is 2.88. The molecular weight excluding hydrogens is 208 g/mol. The van der Waals surface area contributed by atoms with Crippen molar-refractivity contribution in [2.24, 2.45) is 0 Å². The Balaban J connectivity index is 2.17. The maximum atomic E-state index is 3.62. The molecule has 1 aromatic rings. The molecule has 0 radical (unpaired) electrons. The highest BCUT2D eigenvalue weighted by Gasteiger charge is 2.21. The summed E-state index contributed by atoms with van der Waals surface area (Å²) in [7, 11) is 0. The quantitative estimate of drug-likeness (QED) is 0.816. The number of benzene rings is 1. The average Bonchev–Trinajstić information content (AvgIpc) is 2.25. The van der Waals surface area contributed by atoms with Crippen LogP contribution in [-0.2, 0) is 6.42 Å². The van der Waals surface area contributed by atoms with Gasteiger partial charge in [-0.3, -0.25) is 0 Å². The molecule has 94 valence electrons. The third-order valence-electron chi connectivity index (χ3n) is 3.87. The van der Waals surface area contributed by atoms with Crippen LogP contribution in [0.5, 0.6) is 0 Å². The lowest BCUT2D eigenvalue weighted by atomic mass is 9.91. The molecule has 0 aliphatic carbocycles. The molecule has 2 N–H and O–H groups in total. The highest BCUT2D eigenvalue weighted by atomic mass is 15.1. The Kier molecular flexibility index (Phi) is 3.85. The van der Waals surface area contributed by atoms with Crippen molar-refractivity contribution in [1.82, 2.24) is 10.6 Å². The molecule has 2 nitrogen and oxygen atoms in total. The maximum absolute atomic E-state index is 3.62. The van der Waals surface area contributed by atoms with Gasteiger partial charge >= 0.3 is 0 Å². The Bertz CT molecular complexity index is 375. The van der Waals surface area contributed by atoms with Crippen molar-refractivity contribution in [3.8, 4) is 0 Å². The SMILES string of the molecule is Cc1cc(C)c(CC2NCCNC2C)c(C)c1. The van der Waals surface area contributed by atoms with Gasteiger partial charge in [0.25, 0.3) is 0 Å². The summed E-state index contributed by atoms with van der Waals surface area (Å²) in [6.45, 7) is 11.1. The summed E-state index contributed by atoms with van der Waals surface area (Å²) in [5.74, 6) is 0. The smallest absolute Gasteiger partial charge is 0.0259 e. The monoisotopic (exact) mass is 232 g/mol. The van der Waals surface area contributed by atoms with Crippen LogP contribution in [-0.4, -0.2) is 25.2 Å². The molecule has 2 rings (SSSR count). The van der Waals surface area contributed by atoms with Gasteiger partial charge in [-0.25, -0.2) is 0 Å². The zero-order valence-corrected chi connectivity index (χ0v) is 11.4. The minimum atomic E-state index is 0.559. The molecule has 0 amide bonds. The van der Waals surface area contributed by atoms with Crippen molar-refractivity contribution in [3.63, 3.8) is 0 Å². The molecular formula is C15H24N2. The van der Waals surface area contributed by atoms with Crippen LogP contribution in [0.4, 0.5) is 0 Å². The van der Waals surface area contributed by atoms with Crippen molar-refractivity contribution in [2.75, 3.05) is 13.1 Å². The molecule has 0 aromatic heterocycles. The molecule has 1 aliphatic heterocycles. The Labute approximate surface area is 105 Å². The van der Waals surface area contributed by atoms with E-state index < -0.39 is 0 Å². The third kappa shape index (κ3) is 2.88. The molecule has 1 aromatic carbocycles. The van der Waals surface area contributed by atoms with Gasteiger partial charge in [-0.1, -0.05) is 17.7 Å². The minimum Gasteiger partial charge on any atom is -0.311 e. The second-order valence-electron chi connectivity index (χ2n) is 5.38. The zero-order valence-electron chi connectivity index (χ0n) is 11.4. The lowest BCUT2D eigenvalue weighted by molar-refractivity contribution is 0.336. The van der Waals surface area contributed by atoms with Crippen LogP contribution in [0.3, 0.4) is 0 Å². The topological polar surface area (TPSA) is 24.1 Å². The summed E-state index contributed by atoms with van der Waals surface area (Å²) in [5.41, 5.74) is 5.75. The predicted octanol–water partition coefficient (Wildman–Crippen LogP) is 2.10. The lowest BCUT2D eigenvalue weighted by Gasteiger charge is -2.32. The fraction of sp³-hybridized carbons (Fsp3) is 0.600. The molecule has 2 unspecified atom stereocenters. The van der Waals surface area contributed by atoms with E-state index in [-0.39, 0.29) is 0 Å². The number of hydrogen-bond donors (Lipinski definition) is 2. The molecule has 2 heteroatoms. The molecule has 1 aliphatic rings. The zero-order chi connectivity index (χ0) is 12.4. The van der Waals surface area contributed by atoms with E-state index in [0.717, 1.165) is 19.5 Å². The molecule has 1 heterocycles. The molecule has 0 bridgehead atoms. The normalized spacial score (nSPS) is 24.9. The molecule has 0 saturated carbocycles. The average molecular weight is 232 g/mol. The lowest BCUT2D eigenvalue weighted by Crippen LogP contribution is -2.55. The summed E-state index contributed by atoms with van der Waals surface area (Å²) in [6.07, 6.45) is 1.13. The van der Waals surface area contributed by atoms with Crippen LogP contribution < -0.4 is 10.6 Å². The van der Waals surface area contributed by atoms with Crippen LogP contribution >= 0.6 is 0 Å². The number of aryl methyl sites for hydroxylation is 3. The van der Waals surface area contributed by atoms with Crippen molar-refractivity contribution < 1.29 is 0 Å². The Morgan fingerprint density at radius 3 is 2.24 bits per heavy atom. The number of hydrogen-bond acceptors (Lipinski definition) is 2. The predicted molar refractivity (Wildman–Crippen MR) is 73.6 cm³/mol. The summed E-state index contributed by atoms with van der Waals surface area (Å²) in [5, 5.41) is 7.16. The van der Waals surface area contributed by atoms with E-state index in [1.807, 2.05) is 0 Å². The van der Waals surface area contributed by atoms with Gasteiger partial charge in [-0.15, -0.1) is 0 Å². The summed E-state index contributed by atoms with van der Waals surface area (Å²) in [4.78, 5) is 0. The summed E-state index contributed by atoms with van der Waals surface area (Å²) in [6, 6.07) is 5.71. The van der Waals surface area contributed by atoms with Crippen LogP contribution in [0, 0.1) is 20.8 Å². The molecule has 1 saturated heterocycles. The minimum absolute atomic E-state index is 0.559. The molecule has 2 atom stereocenters. The van der Waals surface area contributed by atoms with Crippen LogP contribution in [0.25, 0.3) is 0 Å². The molecule has 1 fully saturated rings. The standard InChI is InChI=1S/C15H24N2/c1-10-7-11(2)14(12(3)8-10)9-15-13(4)16-5-6-17-15/h7-8,13,15-17H,5-6,9H2,1-4H3. The third-order valence-corrected chi connectivity index (χ3v) is 3.87. The first kappa shape index (κ1) is 12.6. The van der Waals surface area contributed by atoms with Gasteiger partial charge < -0.3 is 10.6 Å². The largest absolute Gasteiger partial charge is 0.311 e. The Morgan fingerprint density at radius 1 is 1.06 bits per heavy atom. The van der Waals surface area contributed by atoms with E-state index in [0.29, 0.717) is 12.1 Å². The molecule has 0 spiro atoms. The fourth-order valence-electron chi connectivity index (χ4n) is 2.88. The van der Waals surface area contributed by atoms with Crippen molar-refractivity contribution in [2.45, 2.75) is 46.2 Å². The van der Waals surface area contributed by atoms with E-state index in [2.05, 4.69) is 50.5 Å². The summed E-state index contributed by atoms with van der Waals surface area (Å²) < 4.78 is 0. The van der Waals surface area contributed by atoms with Crippen molar-refractivity contribution in [3.05, 3.63) is 34.4 Å². The highest BCUT2D eigenvalue weighted by Crippen LogP contribution is 2.19. The Morgan fingerprint density at radius 2 is 1.65 bits per heavy atom. The second-order valence-corrected chi connectivity index (χ2v) is 5.38. The van der Waals surface area contributed by atoms with Crippen LogP contribution in [0.1, 0.15) is 29.2 Å². The summed E-state index contributed by atoms with van der Waals surface area (Å²) >= 11 is 0. The van der Waals surface area contributed by atoms with Crippen LogP contribution in [0.15, 0.2) is 12.1 Å². The highest BCUT2D eigenvalue weighted by molar-refractivity contribution is 5.38. The van der Waals surface area contributed by atoms with E-state index in [9.17, 15) is 0 Å². The van der Waals surface area contributed by atoms with E-state index in [4.69, 9.17) is 0 Å². The van der Waals surface area contributed by atoms with E-state index >= 15 is 0 Å². The van der Waals surface area contributed by atoms with Crippen molar-refractivity contribution in [1.29, 1.82) is 0 Å². The maximum Gasteiger partial charge on any atom is 0.0259 e. The second kappa shape index (κ2) is 5.19. The van der Waals surface area contributed by atoms with Gasteiger partial charge in [0, 0.05) is 25.2 Å². The molecule has 17 heavy (non-hydrogen) atoms. The van der Waals surface area contributed by atoms with E-state index in [1.165, 1.54) is 22.3 Å².